The van der Waals surface area contributed by atoms with Crippen LogP contribution in [0.4, 0.5) is 13.2 Å². The van der Waals surface area contributed by atoms with Gasteiger partial charge in [0, 0.05) is 18.8 Å². The molecule has 0 aliphatic carbocycles. The van der Waals surface area contributed by atoms with Crippen LogP contribution in [0.2, 0.25) is 5.02 Å². The highest BCUT2D eigenvalue weighted by molar-refractivity contribution is 6.30. The Labute approximate surface area is 186 Å². The van der Waals surface area contributed by atoms with E-state index in [0.717, 1.165) is 0 Å². The molecule has 4 rings (SSSR count). The Morgan fingerprint density at radius 3 is 2.56 bits per heavy atom. The molecule has 0 N–H and O–H groups in total. The maximum atomic E-state index is 13.0. The van der Waals surface area contributed by atoms with Crippen molar-refractivity contribution in [1.29, 1.82) is 0 Å². The number of fused-ring (bicyclic) bond motifs is 1. The second kappa shape index (κ2) is 8.66. The number of pyridine rings is 1. The van der Waals surface area contributed by atoms with Crippen molar-refractivity contribution in [3.8, 4) is 11.4 Å². The summed E-state index contributed by atoms with van der Waals surface area (Å²) in [5.41, 5.74) is 3.14. The Balaban J connectivity index is 1.46. The molecule has 6 nitrogen and oxygen atoms in total. The van der Waals surface area contributed by atoms with Crippen LogP contribution in [0, 0.1) is 0 Å². The average Bonchev–Trinajstić information content (AvgIpc) is 3.35. The minimum absolute atomic E-state index is 0.0696. The first-order chi connectivity index (χ1) is 15.2. The number of alkyl halides is 3. The van der Waals surface area contributed by atoms with Crippen LogP contribution in [0.15, 0.2) is 54.9 Å². The number of aromatic nitrogens is 4. The van der Waals surface area contributed by atoms with Gasteiger partial charge in [0.25, 0.3) is 0 Å². The largest absolute Gasteiger partial charge is 0.573 e. The lowest BCUT2D eigenvalue weighted by molar-refractivity contribution is -0.274. The van der Waals surface area contributed by atoms with Crippen LogP contribution in [0.25, 0.3) is 11.3 Å². The van der Waals surface area contributed by atoms with Crippen molar-refractivity contribution in [1.82, 2.24) is 19.2 Å². The summed E-state index contributed by atoms with van der Waals surface area (Å²) in [5, 5.41) is 4.93. The highest BCUT2D eigenvalue weighted by Gasteiger charge is 2.31. The van der Waals surface area contributed by atoms with E-state index >= 15 is 0 Å². The molecule has 0 aliphatic heterocycles. The van der Waals surface area contributed by atoms with Gasteiger partial charge < -0.3 is 4.74 Å². The number of aryl methyl sites for hydroxylation is 2. The quantitative estimate of drug-likeness (QED) is 0.343. The molecular formula is C22H18ClF3N4O2. The number of Topliss-reactive ketones (excluding diaryl/α,β-unsaturated/α-hetero) is 1. The molecule has 0 radical (unpaired) electrons. The minimum atomic E-state index is -4.74. The number of ether oxygens (including phenoxy) is 1. The van der Waals surface area contributed by atoms with Crippen LogP contribution in [-0.2, 0) is 12.8 Å². The third-order valence-electron chi connectivity index (χ3n) is 4.84. The molecule has 4 aromatic rings. The molecule has 0 saturated carbocycles. The second-order valence-electron chi connectivity index (χ2n) is 7.05. The number of ketones is 1. The van der Waals surface area contributed by atoms with E-state index in [1.165, 1.54) is 28.9 Å². The molecule has 0 fully saturated rings. The van der Waals surface area contributed by atoms with Gasteiger partial charge in [0.15, 0.2) is 5.78 Å². The van der Waals surface area contributed by atoms with Crippen molar-refractivity contribution in [2.75, 3.05) is 0 Å². The lowest BCUT2D eigenvalue weighted by atomic mass is 10.1. The van der Waals surface area contributed by atoms with Gasteiger partial charge in [-0.25, -0.2) is 9.67 Å². The first-order valence-electron chi connectivity index (χ1n) is 9.84. The topological polar surface area (TPSA) is 61.4 Å². The monoisotopic (exact) mass is 462 g/mol. The summed E-state index contributed by atoms with van der Waals surface area (Å²) in [5.74, 6) is -0.376. The van der Waals surface area contributed by atoms with Gasteiger partial charge in [-0.1, -0.05) is 18.5 Å². The molecule has 0 aliphatic rings. The lowest BCUT2D eigenvalue weighted by Crippen LogP contribution is -2.17. The highest BCUT2D eigenvalue weighted by atomic mass is 35.5. The molecule has 0 bridgehead atoms. The zero-order valence-electron chi connectivity index (χ0n) is 16.9. The molecule has 32 heavy (non-hydrogen) atoms. The molecule has 0 amide bonds. The Hall–Kier alpha value is -3.33. The van der Waals surface area contributed by atoms with Crippen molar-refractivity contribution < 1.29 is 22.7 Å². The standard InChI is InChI=1S/C22H18ClF3N4O2/c1-2-18-21(29-13-14(23)3-10-20(29)27-18)19(31)9-4-15-11-12-30(28-15)16-5-7-17(8-6-16)32-22(24,25)26/h3,5-8,10-13H,2,4,9H2,1H3. The van der Waals surface area contributed by atoms with Crippen LogP contribution in [0.1, 0.15) is 35.2 Å². The van der Waals surface area contributed by atoms with Crippen LogP contribution >= 0.6 is 11.6 Å². The molecule has 0 atom stereocenters. The van der Waals surface area contributed by atoms with Crippen LogP contribution in [0.5, 0.6) is 5.75 Å². The van der Waals surface area contributed by atoms with E-state index in [2.05, 4.69) is 14.8 Å². The normalized spacial score (nSPS) is 11.8. The van der Waals surface area contributed by atoms with Gasteiger partial charge in [-0.3, -0.25) is 9.20 Å². The van der Waals surface area contributed by atoms with Gasteiger partial charge in [-0.05, 0) is 55.3 Å². The van der Waals surface area contributed by atoms with E-state index < -0.39 is 6.36 Å². The van der Waals surface area contributed by atoms with Gasteiger partial charge >= 0.3 is 6.36 Å². The fraction of sp³-hybridized carbons (Fsp3) is 0.227. The highest BCUT2D eigenvalue weighted by Crippen LogP contribution is 2.24. The zero-order valence-corrected chi connectivity index (χ0v) is 17.7. The maximum absolute atomic E-state index is 13.0. The minimum Gasteiger partial charge on any atom is -0.406 e. The number of halogens is 4. The third-order valence-corrected chi connectivity index (χ3v) is 5.06. The lowest BCUT2D eigenvalue weighted by Gasteiger charge is -2.09. The van der Waals surface area contributed by atoms with E-state index in [-0.39, 0.29) is 18.0 Å². The van der Waals surface area contributed by atoms with E-state index in [9.17, 15) is 18.0 Å². The first-order valence-corrected chi connectivity index (χ1v) is 10.2. The number of carbonyl (C=O) groups excluding carboxylic acids is 1. The smallest absolute Gasteiger partial charge is 0.406 e. The molecule has 3 aromatic heterocycles. The summed E-state index contributed by atoms with van der Waals surface area (Å²) in [7, 11) is 0. The molecule has 0 spiro atoms. The van der Waals surface area contributed by atoms with Crippen LogP contribution in [0.3, 0.4) is 0 Å². The summed E-state index contributed by atoms with van der Waals surface area (Å²) >= 11 is 6.09. The summed E-state index contributed by atoms with van der Waals surface area (Å²) in [6.07, 6.45) is -0.136. The van der Waals surface area contributed by atoms with E-state index in [1.54, 1.807) is 35.0 Å². The van der Waals surface area contributed by atoms with Crippen molar-refractivity contribution in [2.24, 2.45) is 0 Å². The number of benzene rings is 1. The fourth-order valence-electron chi connectivity index (χ4n) is 3.41. The first kappa shape index (κ1) is 21.9. The Morgan fingerprint density at radius 1 is 1.12 bits per heavy atom. The Kier molecular flexibility index (Phi) is 5.92. The summed E-state index contributed by atoms with van der Waals surface area (Å²) in [4.78, 5) is 17.5. The maximum Gasteiger partial charge on any atom is 0.573 e. The van der Waals surface area contributed by atoms with Crippen molar-refractivity contribution in [3.05, 3.63) is 77.0 Å². The molecule has 3 heterocycles. The van der Waals surface area contributed by atoms with Gasteiger partial charge in [0.2, 0.25) is 0 Å². The number of nitrogens with zero attached hydrogens (tertiary/aromatic N) is 4. The molecule has 0 saturated heterocycles. The molecule has 10 heteroatoms. The summed E-state index contributed by atoms with van der Waals surface area (Å²) < 4.78 is 44.0. The van der Waals surface area contributed by atoms with Crippen LogP contribution < -0.4 is 4.74 Å². The van der Waals surface area contributed by atoms with E-state index in [0.29, 0.717) is 46.3 Å². The number of carbonyl (C=O) groups is 1. The predicted molar refractivity (Wildman–Crippen MR) is 112 cm³/mol. The van der Waals surface area contributed by atoms with Crippen molar-refractivity contribution in [3.63, 3.8) is 0 Å². The Morgan fingerprint density at radius 2 is 1.88 bits per heavy atom. The second-order valence-corrected chi connectivity index (χ2v) is 7.49. The molecular weight excluding hydrogens is 445 g/mol. The zero-order chi connectivity index (χ0) is 22.9. The van der Waals surface area contributed by atoms with E-state index in [4.69, 9.17) is 11.6 Å². The number of hydrogen-bond acceptors (Lipinski definition) is 4. The van der Waals surface area contributed by atoms with Crippen LogP contribution in [-0.4, -0.2) is 31.3 Å². The third kappa shape index (κ3) is 4.77. The molecule has 166 valence electrons. The SMILES string of the molecule is CCc1nc2ccc(Cl)cn2c1C(=O)CCc1ccn(-c2ccc(OC(F)(F)F)cc2)n1. The number of hydrogen-bond donors (Lipinski definition) is 0. The molecule has 0 unspecified atom stereocenters. The van der Waals surface area contributed by atoms with Gasteiger partial charge in [-0.15, -0.1) is 13.2 Å². The predicted octanol–water partition coefficient (Wildman–Crippen LogP) is 5.45. The van der Waals surface area contributed by atoms with Crippen molar-refractivity contribution in [2.45, 2.75) is 32.5 Å². The summed E-state index contributed by atoms with van der Waals surface area (Å²) in [6, 6.07) is 10.6. The number of imidazole rings is 1. The van der Waals surface area contributed by atoms with Gasteiger partial charge in [-0.2, -0.15) is 5.10 Å². The van der Waals surface area contributed by atoms with Gasteiger partial charge in [0.1, 0.15) is 17.1 Å². The molecule has 1 aromatic carbocycles. The average molecular weight is 463 g/mol. The van der Waals surface area contributed by atoms with Gasteiger partial charge in [0.05, 0.1) is 22.1 Å². The van der Waals surface area contributed by atoms with E-state index in [1.807, 2.05) is 6.92 Å². The Bertz CT molecular complexity index is 1260. The fourth-order valence-corrected chi connectivity index (χ4v) is 3.57. The van der Waals surface area contributed by atoms with Crippen molar-refractivity contribution >= 4 is 23.0 Å². The number of rotatable bonds is 7. The summed E-state index contributed by atoms with van der Waals surface area (Å²) in [6.45, 7) is 1.94.